The first-order valence-corrected chi connectivity index (χ1v) is 7.88. The van der Waals surface area contributed by atoms with Crippen molar-refractivity contribution in [2.45, 2.75) is 24.8 Å². The quantitative estimate of drug-likeness (QED) is 0.659. The molecule has 0 saturated carbocycles. The van der Waals surface area contributed by atoms with Crippen LogP contribution in [0.2, 0.25) is 0 Å². The van der Waals surface area contributed by atoms with Gasteiger partial charge in [0.1, 0.15) is 4.90 Å². The van der Waals surface area contributed by atoms with Crippen LogP contribution >= 0.6 is 0 Å². The summed E-state index contributed by atoms with van der Waals surface area (Å²) in [5, 5.41) is 3.22. The van der Waals surface area contributed by atoms with Gasteiger partial charge >= 0.3 is 0 Å². The summed E-state index contributed by atoms with van der Waals surface area (Å²) in [5.74, 6) is 0.289. The molecule has 0 spiro atoms. The number of methoxy groups -OCH3 is 1. The van der Waals surface area contributed by atoms with Gasteiger partial charge < -0.3 is 15.8 Å². The molecule has 0 heterocycles. The fourth-order valence-corrected chi connectivity index (χ4v) is 2.70. The number of nitrogens with one attached hydrogen (secondary N) is 2. The maximum absolute atomic E-state index is 12.0. The van der Waals surface area contributed by atoms with Crippen LogP contribution in [0.4, 0.5) is 11.4 Å². The Labute approximate surface area is 120 Å². The minimum Gasteiger partial charge on any atom is -0.399 e. The predicted octanol–water partition coefficient (Wildman–Crippen LogP) is 1.26. The molecule has 1 atom stereocenters. The van der Waals surface area contributed by atoms with E-state index in [-0.39, 0.29) is 16.9 Å². The van der Waals surface area contributed by atoms with Gasteiger partial charge in [0.05, 0.1) is 18.3 Å². The Kier molecular flexibility index (Phi) is 5.79. The van der Waals surface area contributed by atoms with Gasteiger partial charge in [-0.25, -0.2) is 13.1 Å². The Balaban J connectivity index is 3.18. The summed E-state index contributed by atoms with van der Waals surface area (Å²) in [7, 11) is -0.582. The van der Waals surface area contributed by atoms with Crippen LogP contribution in [0.5, 0.6) is 0 Å². The lowest BCUT2D eigenvalue weighted by Crippen LogP contribution is -2.31. The fourth-order valence-electron chi connectivity index (χ4n) is 1.77. The average Bonchev–Trinajstić information content (AvgIpc) is 2.39. The van der Waals surface area contributed by atoms with Crippen LogP contribution in [0, 0.1) is 5.92 Å². The summed E-state index contributed by atoms with van der Waals surface area (Å²) >= 11 is 0. The first-order valence-electron chi connectivity index (χ1n) is 6.40. The van der Waals surface area contributed by atoms with Crippen molar-refractivity contribution in [1.82, 2.24) is 4.72 Å². The molecule has 114 valence electrons. The molecule has 0 radical (unpaired) electrons. The van der Waals surface area contributed by atoms with Crippen LogP contribution in [-0.4, -0.2) is 35.2 Å². The zero-order chi connectivity index (χ0) is 15.3. The molecule has 1 aromatic rings. The van der Waals surface area contributed by atoms with Crippen LogP contribution in [-0.2, 0) is 14.8 Å². The number of nitrogen functional groups attached to an aromatic ring is 1. The van der Waals surface area contributed by atoms with Crippen LogP contribution in [0.25, 0.3) is 0 Å². The van der Waals surface area contributed by atoms with Gasteiger partial charge in [0.2, 0.25) is 10.0 Å². The normalized spacial score (nSPS) is 13.4. The molecule has 0 fully saturated rings. The van der Waals surface area contributed by atoms with Gasteiger partial charge in [-0.2, -0.15) is 0 Å². The van der Waals surface area contributed by atoms with Crippen molar-refractivity contribution in [2.24, 2.45) is 5.92 Å². The highest BCUT2D eigenvalue weighted by atomic mass is 32.2. The highest BCUT2D eigenvalue weighted by Gasteiger charge is 2.20. The molecular formula is C13H23N3O3S. The van der Waals surface area contributed by atoms with Crippen molar-refractivity contribution in [3.05, 3.63) is 18.2 Å². The molecule has 0 aromatic heterocycles. The molecule has 0 bridgehead atoms. The molecule has 7 heteroatoms. The lowest BCUT2D eigenvalue weighted by Gasteiger charge is -2.24. The number of anilines is 2. The molecule has 0 amide bonds. The Morgan fingerprint density at radius 2 is 2.00 bits per heavy atom. The Bertz CT molecular complexity index is 544. The van der Waals surface area contributed by atoms with Gasteiger partial charge in [-0.1, -0.05) is 13.8 Å². The molecule has 1 unspecified atom stereocenters. The van der Waals surface area contributed by atoms with E-state index in [0.29, 0.717) is 18.0 Å². The number of hydrogen-bond donors (Lipinski definition) is 3. The van der Waals surface area contributed by atoms with Crippen LogP contribution in [0.3, 0.4) is 0 Å². The van der Waals surface area contributed by atoms with Crippen molar-refractivity contribution < 1.29 is 13.2 Å². The van der Waals surface area contributed by atoms with E-state index in [1.165, 1.54) is 13.1 Å². The molecule has 0 aliphatic heterocycles. The molecule has 1 rings (SSSR count). The summed E-state index contributed by atoms with van der Waals surface area (Å²) < 4.78 is 31.6. The van der Waals surface area contributed by atoms with E-state index < -0.39 is 10.0 Å². The number of sulfonamides is 1. The van der Waals surface area contributed by atoms with Crippen LogP contribution in [0.1, 0.15) is 13.8 Å². The van der Waals surface area contributed by atoms with E-state index in [2.05, 4.69) is 10.0 Å². The fraction of sp³-hybridized carbons (Fsp3) is 0.538. The number of benzene rings is 1. The first-order chi connectivity index (χ1) is 9.31. The monoisotopic (exact) mass is 301 g/mol. The number of hydrogen-bond acceptors (Lipinski definition) is 5. The molecule has 0 aliphatic rings. The highest BCUT2D eigenvalue weighted by Crippen LogP contribution is 2.25. The van der Waals surface area contributed by atoms with Crippen molar-refractivity contribution in [2.75, 3.05) is 31.8 Å². The smallest absolute Gasteiger partial charge is 0.242 e. The molecule has 1 aromatic carbocycles. The third-order valence-electron chi connectivity index (χ3n) is 3.06. The van der Waals surface area contributed by atoms with Gasteiger partial charge in [-0.3, -0.25) is 0 Å². The minimum absolute atomic E-state index is 0.00873. The van der Waals surface area contributed by atoms with Crippen molar-refractivity contribution in [1.29, 1.82) is 0 Å². The van der Waals surface area contributed by atoms with Gasteiger partial charge in [0.15, 0.2) is 0 Å². The summed E-state index contributed by atoms with van der Waals surface area (Å²) in [6.07, 6.45) is 0. The molecule has 4 N–H and O–H groups in total. The first kappa shape index (κ1) is 16.7. The van der Waals surface area contributed by atoms with E-state index in [4.69, 9.17) is 10.5 Å². The van der Waals surface area contributed by atoms with Gasteiger partial charge in [-0.05, 0) is 31.2 Å². The topological polar surface area (TPSA) is 93.5 Å². The van der Waals surface area contributed by atoms with Gasteiger partial charge in [0, 0.05) is 12.8 Å². The van der Waals surface area contributed by atoms with E-state index in [0.717, 1.165) is 0 Å². The third-order valence-corrected chi connectivity index (χ3v) is 4.51. The SMILES string of the molecule is CNS(=O)(=O)c1cc(N)ccc1NC(COC)C(C)C. The second-order valence-corrected chi connectivity index (χ2v) is 6.77. The zero-order valence-corrected chi connectivity index (χ0v) is 13.1. The van der Waals surface area contributed by atoms with Gasteiger partial charge in [-0.15, -0.1) is 0 Å². The largest absolute Gasteiger partial charge is 0.399 e. The maximum Gasteiger partial charge on any atom is 0.242 e. The molecule has 0 saturated heterocycles. The second-order valence-electron chi connectivity index (χ2n) is 4.91. The van der Waals surface area contributed by atoms with Crippen molar-refractivity contribution in [3.8, 4) is 0 Å². The Hall–Kier alpha value is -1.31. The van der Waals surface area contributed by atoms with E-state index >= 15 is 0 Å². The molecular weight excluding hydrogens is 278 g/mol. The molecule has 6 nitrogen and oxygen atoms in total. The summed E-state index contributed by atoms with van der Waals surface area (Å²) in [6, 6.07) is 4.79. The van der Waals surface area contributed by atoms with E-state index in [9.17, 15) is 8.42 Å². The Morgan fingerprint density at radius 1 is 1.35 bits per heavy atom. The lowest BCUT2D eigenvalue weighted by molar-refractivity contribution is 0.171. The van der Waals surface area contributed by atoms with E-state index in [1.807, 2.05) is 13.8 Å². The zero-order valence-electron chi connectivity index (χ0n) is 12.3. The van der Waals surface area contributed by atoms with E-state index in [1.54, 1.807) is 19.2 Å². The number of nitrogens with two attached hydrogens (primary N) is 1. The standard InChI is InChI=1S/C13H23N3O3S/c1-9(2)12(8-19-4)16-11-6-5-10(14)7-13(11)20(17,18)15-3/h5-7,9,12,15-16H,8,14H2,1-4H3. The molecule has 20 heavy (non-hydrogen) atoms. The summed E-state index contributed by atoms with van der Waals surface area (Å²) in [6.45, 7) is 4.57. The van der Waals surface area contributed by atoms with Crippen molar-refractivity contribution >= 4 is 21.4 Å². The summed E-state index contributed by atoms with van der Waals surface area (Å²) in [4.78, 5) is 0.141. The second kappa shape index (κ2) is 6.92. The minimum atomic E-state index is -3.57. The predicted molar refractivity (Wildman–Crippen MR) is 81.2 cm³/mol. The number of ether oxygens (including phenoxy) is 1. The third kappa shape index (κ3) is 4.09. The van der Waals surface area contributed by atoms with Crippen LogP contribution in [0.15, 0.2) is 23.1 Å². The van der Waals surface area contributed by atoms with Crippen LogP contribution < -0.4 is 15.8 Å². The van der Waals surface area contributed by atoms with Crippen molar-refractivity contribution in [3.63, 3.8) is 0 Å². The number of rotatable bonds is 7. The highest BCUT2D eigenvalue weighted by molar-refractivity contribution is 7.89. The maximum atomic E-state index is 12.0. The lowest BCUT2D eigenvalue weighted by atomic mass is 10.1. The average molecular weight is 301 g/mol. The summed E-state index contributed by atoms with van der Waals surface area (Å²) in [5.41, 5.74) is 6.60. The van der Waals surface area contributed by atoms with Gasteiger partial charge in [0.25, 0.3) is 0 Å². The Morgan fingerprint density at radius 3 is 2.50 bits per heavy atom. The molecule has 0 aliphatic carbocycles.